The number of hydrogen-bond acceptors (Lipinski definition) is 1. The van der Waals surface area contributed by atoms with Gasteiger partial charge in [0.2, 0.25) is 0 Å². The van der Waals surface area contributed by atoms with Crippen LogP contribution in [0.1, 0.15) is 53.5 Å². The van der Waals surface area contributed by atoms with E-state index in [0.29, 0.717) is 17.2 Å². The number of benzene rings is 2. The van der Waals surface area contributed by atoms with E-state index < -0.39 is 11.7 Å². The van der Waals surface area contributed by atoms with Gasteiger partial charge in [0.15, 0.2) is 0 Å². The summed E-state index contributed by atoms with van der Waals surface area (Å²) >= 11 is 0. The quantitative estimate of drug-likeness (QED) is 0.441. The molecule has 144 valence electrons. The van der Waals surface area contributed by atoms with E-state index in [-0.39, 0.29) is 6.42 Å². The molecule has 0 spiro atoms. The van der Waals surface area contributed by atoms with E-state index in [4.69, 9.17) is 0 Å². The normalized spacial score (nSPS) is 14.7. The highest BCUT2D eigenvalue weighted by atomic mass is 19.4. The van der Waals surface area contributed by atoms with Crippen LogP contribution in [0.3, 0.4) is 0 Å². The topological polar surface area (TPSA) is 15.6 Å². The number of halogens is 3. The summed E-state index contributed by atoms with van der Waals surface area (Å²) < 4.78 is 41.2. The van der Waals surface area contributed by atoms with E-state index in [1.807, 2.05) is 50.1 Å². The van der Waals surface area contributed by atoms with Crippen LogP contribution in [0, 0.1) is 6.92 Å². The van der Waals surface area contributed by atoms with Crippen molar-refractivity contribution in [3.8, 4) is 0 Å². The van der Waals surface area contributed by atoms with Crippen molar-refractivity contribution in [2.45, 2.75) is 45.2 Å². The molecular weight excluding hydrogens is 349 g/mol. The lowest BCUT2D eigenvalue weighted by Crippen LogP contribution is -2.14. The summed E-state index contributed by atoms with van der Waals surface area (Å²) in [5.41, 5.74) is 3.10. The molecule has 0 heterocycles. The highest BCUT2D eigenvalue weighted by Crippen LogP contribution is 2.47. The summed E-state index contributed by atoms with van der Waals surface area (Å²) in [7, 11) is 1.86. The number of aliphatic imine (C=N–C) groups is 1. The van der Waals surface area contributed by atoms with E-state index in [9.17, 15) is 13.2 Å². The molecule has 1 aliphatic carbocycles. The Labute approximate surface area is 158 Å². The van der Waals surface area contributed by atoms with Crippen molar-refractivity contribution in [2.24, 2.45) is 4.99 Å². The fourth-order valence-corrected chi connectivity index (χ4v) is 3.06. The molecule has 0 bridgehead atoms. The zero-order valence-electron chi connectivity index (χ0n) is 16.0. The molecule has 0 aliphatic heterocycles. The lowest BCUT2D eigenvalue weighted by atomic mass is 9.94. The lowest BCUT2D eigenvalue weighted by Gasteiger charge is -2.17. The maximum Gasteiger partial charge on any atom is 0.416 e. The first-order valence-corrected chi connectivity index (χ1v) is 9.32. The Morgan fingerprint density at radius 1 is 1.15 bits per heavy atom. The average Bonchev–Trinajstić information content (AvgIpc) is 3.46. The predicted molar refractivity (Wildman–Crippen MR) is 104 cm³/mol. The molecule has 2 nitrogen and oxygen atoms in total. The van der Waals surface area contributed by atoms with Gasteiger partial charge >= 0.3 is 6.18 Å². The van der Waals surface area contributed by atoms with Crippen LogP contribution in [0.4, 0.5) is 18.9 Å². The minimum atomic E-state index is -4.40. The standard InChI is InChI=1S/C22H25F3N2/c1-4-27(3)14-26-21-13-20(22(23,24)25)18(12-19(21)17-9-10-17)11-16-7-5-15(2)6-8-16/h5-8,12-14,17H,4,9-11H2,1-3H3. The van der Waals surface area contributed by atoms with Gasteiger partial charge in [-0.2, -0.15) is 13.2 Å². The molecule has 0 amide bonds. The molecule has 0 saturated heterocycles. The predicted octanol–water partition coefficient (Wildman–Crippen LogP) is 6.09. The van der Waals surface area contributed by atoms with Crippen LogP contribution < -0.4 is 0 Å². The highest BCUT2D eigenvalue weighted by molar-refractivity contribution is 5.65. The third-order valence-electron chi connectivity index (χ3n) is 4.98. The van der Waals surface area contributed by atoms with Crippen molar-refractivity contribution in [3.05, 3.63) is 64.2 Å². The van der Waals surface area contributed by atoms with E-state index in [1.54, 1.807) is 12.4 Å². The number of alkyl halides is 3. The third kappa shape index (κ3) is 4.90. The molecule has 2 aromatic carbocycles. The lowest BCUT2D eigenvalue weighted by molar-refractivity contribution is -0.138. The Morgan fingerprint density at radius 2 is 1.81 bits per heavy atom. The van der Waals surface area contributed by atoms with E-state index in [2.05, 4.69) is 4.99 Å². The fraction of sp³-hybridized carbons (Fsp3) is 0.409. The fourth-order valence-electron chi connectivity index (χ4n) is 3.06. The first-order chi connectivity index (χ1) is 12.8. The van der Waals surface area contributed by atoms with Gasteiger partial charge in [0.1, 0.15) is 0 Å². The van der Waals surface area contributed by atoms with E-state index in [0.717, 1.165) is 36.1 Å². The van der Waals surface area contributed by atoms with Gasteiger partial charge in [-0.15, -0.1) is 0 Å². The Morgan fingerprint density at radius 3 is 2.37 bits per heavy atom. The molecule has 2 aromatic rings. The van der Waals surface area contributed by atoms with Crippen LogP contribution in [0.5, 0.6) is 0 Å². The van der Waals surface area contributed by atoms with Crippen LogP contribution >= 0.6 is 0 Å². The summed E-state index contributed by atoms with van der Waals surface area (Å²) in [5.74, 6) is 0.322. The van der Waals surface area contributed by atoms with Gasteiger partial charge < -0.3 is 4.90 Å². The average molecular weight is 374 g/mol. The van der Waals surface area contributed by atoms with Crippen LogP contribution in [-0.2, 0) is 12.6 Å². The van der Waals surface area contributed by atoms with Crippen molar-refractivity contribution in [2.75, 3.05) is 13.6 Å². The first-order valence-electron chi connectivity index (χ1n) is 9.32. The number of rotatable bonds is 6. The van der Waals surface area contributed by atoms with Crippen molar-refractivity contribution in [1.82, 2.24) is 4.90 Å². The molecular formula is C22H25F3N2. The van der Waals surface area contributed by atoms with E-state index in [1.165, 1.54) is 6.07 Å². The van der Waals surface area contributed by atoms with Gasteiger partial charge in [-0.1, -0.05) is 35.9 Å². The molecule has 0 radical (unpaired) electrons. The summed E-state index contributed by atoms with van der Waals surface area (Å²) in [6.07, 6.45) is -0.485. The smallest absolute Gasteiger partial charge is 0.366 e. The molecule has 5 heteroatoms. The van der Waals surface area contributed by atoms with Gasteiger partial charge in [-0.25, -0.2) is 4.99 Å². The van der Waals surface area contributed by atoms with Crippen molar-refractivity contribution in [1.29, 1.82) is 0 Å². The maximum atomic E-state index is 13.7. The molecule has 1 saturated carbocycles. The molecule has 27 heavy (non-hydrogen) atoms. The van der Waals surface area contributed by atoms with Crippen LogP contribution in [0.15, 0.2) is 41.4 Å². The highest BCUT2D eigenvalue weighted by Gasteiger charge is 2.36. The van der Waals surface area contributed by atoms with Crippen molar-refractivity contribution >= 4 is 12.0 Å². The number of nitrogens with zero attached hydrogens (tertiary/aromatic N) is 2. The minimum absolute atomic E-state index is 0.272. The van der Waals surface area contributed by atoms with Crippen molar-refractivity contribution < 1.29 is 13.2 Å². The van der Waals surface area contributed by atoms with Gasteiger partial charge in [0.05, 0.1) is 17.6 Å². The molecule has 0 N–H and O–H groups in total. The molecule has 0 aromatic heterocycles. The zero-order valence-corrected chi connectivity index (χ0v) is 16.0. The summed E-state index contributed by atoms with van der Waals surface area (Å²) in [5, 5.41) is 0. The van der Waals surface area contributed by atoms with Gasteiger partial charge in [-0.05, 0) is 61.8 Å². The first kappa shape index (κ1) is 19.5. The number of aryl methyl sites for hydroxylation is 1. The van der Waals surface area contributed by atoms with E-state index >= 15 is 0 Å². The van der Waals surface area contributed by atoms with Crippen LogP contribution in [0.2, 0.25) is 0 Å². The van der Waals surface area contributed by atoms with Gasteiger partial charge in [-0.3, -0.25) is 0 Å². The second-order valence-electron chi connectivity index (χ2n) is 7.32. The molecule has 3 rings (SSSR count). The summed E-state index contributed by atoms with van der Waals surface area (Å²) in [6.45, 7) is 4.69. The molecule has 1 fully saturated rings. The third-order valence-corrected chi connectivity index (χ3v) is 4.98. The molecule has 0 unspecified atom stereocenters. The monoisotopic (exact) mass is 374 g/mol. The summed E-state index contributed by atoms with van der Waals surface area (Å²) in [4.78, 5) is 6.22. The largest absolute Gasteiger partial charge is 0.416 e. The Kier molecular flexibility index (Phi) is 5.59. The second-order valence-corrected chi connectivity index (χ2v) is 7.32. The molecule has 0 atom stereocenters. The van der Waals surface area contributed by atoms with Gasteiger partial charge in [0.25, 0.3) is 0 Å². The zero-order chi connectivity index (χ0) is 19.6. The van der Waals surface area contributed by atoms with Crippen LogP contribution in [-0.4, -0.2) is 24.8 Å². The summed E-state index contributed by atoms with van der Waals surface area (Å²) in [6, 6.07) is 10.6. The Balaban J connectivity index is 2.04. The van der Waals surface area contributed by atoms with Crippen LogP contribution in [0.25, 0.3) is 0 Å². The SMILES string of the molecule is CCN(C)C=Nc1cc(C(F)(F)F)c(Cc2ccc(C)cc2)cc1C1CC1. The minimum Gasteiger partial charge on any atom is -0.366 e. The Bertz CT molecular complexity index is 819. The second kappa shape index (κ2) is 7.75. The van der Waals surface area contributed by atoms with Crippen molar-refractivity contribution in [3.63, 3.8) is 0 Å². The maximum absolute atomic E-state index is 13.7. The van der Waals surface area contributed by atoms with Gasteiger partial charge in [0, 0.05) is 13.6 Å². The Hall–Kier alpha value is -2.30. The number of hydrogen-bond donors (Lipinski definition) is 0. The molecule has 1 aliphatic rings.